The van der Waals surface area contributed by atoms with Gasteiger partial charge in [-0.2, -0.15) is 0 Å². The maximum atomic E-state index is 6.37. The van der Waals surface area contributed by atoms with Crippen LogP contribution in [0.5, 0.6) is 0 Å². The molecule has 4 nitrogen and oxygen atoms in total. The van der Waals surface area contributed by atoms with Crippen LogP contribution in [0.25, 0.3) is 0 Å². The quantitative estimate of drug-likeness (QED) is 0.906. The van der Waals surface area contributed by atoms with E-state index in [-0.39, 0.29) is 6.04 Å². The van der Waals surface area contributed by atoms with E-state index in [1.807, 2.05) is 12.5 Å². The number of nitrogens with zero attached hydrogens (tertiary/aromatic N) is 3. The van der Waals surface area contributed by atoms with Crippen molar-refractivity contribution in [1.82, 2.24) is 14.5 Å². The molecule has 3 heterocycles. The Bertz CT molecular complexity index is 426. The van der Waals surface area contributed by atoms with E-state index in [4.69, 9.17) is 5.73 Å². The first kappa shape index (κ1) is 13.1. The van der Waals surface area contributed by atoms with Gasteiger partial charge < -0.3 is 10.3 Å². The third kappa shape index (κ3) is 2.43. The van der Waals surface area contributed by atoms with E-state index < -0.39 is 0 Å². The average molecular weight is 262 g/mol. The second-order valence-electron chi connectivity index (χ2n) is 6.56. The Morgan fingerprint density at radius 2 is 2.16 bits per heavy atom. The third-order valence-corrected chi connectivity index (χ3v) is 4.73. The lowest BCUT2D eigenvalue weighted by atomic mass is 10.0. The van der Waals surface area contributed by atoms with Crippen molar-refractivity contribution in [2.24, 2.45) is 11.7 Å². The maximum absolute atomic E-state index is 6.37. The second-order valence-corrected chi connectivity index (χ2v) is 6.56. The van der Waals surface area contributed by atoms with Crippen molar-refractivity contribution in [3.63, 3.8) is 0 Å². The Hall–Kier alpha value is -0.870. The molecule has 0 spiro atoms. The fourth-order valence-electron chi connectivity index (χ4n) is 3.89. The first-order valence-electron chi connectivity index (χ1n) is 7.68. The van der Waals surface area contributed by atoms with Crippen LogP contribution >= 0.6 is 0 Å². The largest absolute Gasteiger partial charge is 0.328 e. The highest BCUT2D eigenvalue weighted by molar-refractivity contribution is 5.09. The van der Waals surface area contributed by atoms with Crippen molar-refractivity contribution < 1.29 is 0 Å². The van der Waals surface area contributed by atoms with Gasteiger partial charge in [0.1, 0.15) is 0 Å². The van der Waals surface area contributed by atoms with Crippen LogP contribution < -0.4 is 5.73 Å². The first-order valence-corrected chi connectivity index (χ1v) is 7.68. The van der Waals surface area contributed by atoms with Crippen LogP contribution in [0.3, 0.4) is 0 Å². The molecule has 0 aliphatic carbocycles. The highest BCUT2D eigenvalue weighted by atomic mass is 15.3. The van der Waals surface area contributed by atoms with Gasteiger partial charge in [-0.05, 0) is 38.1 Å². The molecule has 1 aromatic rings. The van der Waals surface area contributed by atoms with Crippen molar-refractivity contribution in [2.45, 2.75) is 57.7 Å². The summed E-state index contributed by atoms with van der Waals surface area (Å²) in [6.07, 6.45) is 8.95. The summed E-state index contributed by atoms with van der Waals surface area (Å²) in [6, 6.07) is 1.44. The van der Waals surface area contributed by atoms with Crippen LogP contribution in [-0.2, 0) is 0 Å². The predicted molar refractivity (Wildman–Crippen MR) is 76.9 cm³/mol. The van der Waals surface area contributed by atoms with E-state index in [1.54, 1.807) is 0 Å². The topological polar surface area (TPSA) is 47.1 Å². The Balaban J connectivity index is 1.80. The summed E-state index contributed by atoms with van der Waals surface area (Å²) in [6.45, 7) is 6.99. The molecule has 19 heavy (non-hydrogen) atoms. The van der Waals surface area contributed by atoms with Gasteiger partial charge in [0.15, 0.2) is 0 Å². The van der Waals surface area contributed by atoms with E-state index in [1.165, 1.54) is 38.0 Å². The van der Waals surface area contributed by atoms with Crippen LogP contribution in [0.4, 0.5) is 0 Å². The van der Waals surface area contributed by atoms with E-state index in [9.17, 15) is 0 Å². The summed E-state index contributed by atoms with van der Waals surface area (Å²) < 4.78 is 2.38. The van der Waals surface area contributed by atoms with Gasteiger partial charge in [-0.25, -0.2) is 4.98 Å². The maximum Gasteiger partial charge on any atom is 0.0951 e. The molecule has 2 fully saturated rings. The highest BCUT2D eigenvalue weighted by Crippen LogP contribution is 2.37. The lowest BCUT2D eigenvalue weighted by Gasteiger charge is -2.25. The fourth-order valence-corrected chi connectivity index (χ4v) is 3.89. The van der Waals surface area contributed by atoms with Gasteiger partial charge >= 0.3 is 0 Å². The number of rotatable bonds is 4. The molecule has 3 rings (SSSR count). The van der Waals surface area contributed by atoms with Crippen molar-refractivity contribution in [3.05, 3.63) is 18.2 Å². The number of nitrogens with two attached hydrogens (primary N) is 1. The molecule has 2 saturated heterocycles. The smallest absolute Gasteiger partial charge is 0.0951 e. The Kier molecular flexibility index (Phi) is 3.63. The number of imidazole rings is 1. The summed E-state index contributed by atoms with van der Waals surface area (Å²) in [5.74, 6) is 0.630. The molecule has 0 amide bonds. The van der Waals surface area contributed by atoms with E-state index >= 15 is 0 Å². The van der Waals surface area contributed by atoms with Gasteiger partial charge in [0.25, 0.3) is 0 Å². The molecule has 0 radical (unpaired) electrons. The predicted octanol–water partition coefficient (Wildman–Crippen LogP) is 2.34. The summed E-state index contributed by atoms with van der Waals surface area (Å²) in [7, 11) is 0. The zero-order valence-electron chi connectivity index (χ0n) is 12.1. The molecular formula is C15H26N4. The number of aromatic nitrogens is 2. The highest BCUT2D eigenvalue weighted by Gasteiger charge is 2.38. The van der Waals surface area contributed by atoms with Gasteiger partial charge in [-0.1, -0.05) is 13.8 Å². The lowest BCUT2D eigenvalue weighted by Crippen LogP contribution is -2.29. The van der Waals surface area contributed by atoms with Crippen molar-refractivity contribution in [3.8, 4) is 0 Å². The van der Waals surface area contributed by atoms with E-state index in [0.29, 0.717) is 12.0 Å². The molecule has 3 atom stereocenters. The summed E-state index contributed by atoms with van der Waals surface area (Å²) in [5.41, 5.74) is 7.60. The third-order valence-electron chi connectivity index (χ3n) is 4.73. The van der Waals surface area contributed by atoms with Crippen molar-refractivity contribution in [1.29, 1.82) is 0 Å². The zero-order valence-corrected chi connectivity index (χ0v) is 12.1. The minimum absolute atomic E-state index is 0.123. The van der Waals surface area contributed by atoms with Gasteiger partial charge in [-0.3, -0.25) is 4.90 Å². The lowest BCUT2D eigenvalue weighted by molar-refractivity contribution is 0.286. The standard InChI is InChI=1S/C15H26N4/c1-11(2)8-12(16)15-9-17-10-19(15)14-5-7-18-6-3-4-13(14)18/h9-14H,3-8,16H2,1-2H3. The van der Waals surface area contributed by atoms with Crippen LogP contribution in [0.15, 0.2) is 12.5 Å². The van der Waals surface area contributed by atoms with Gasteiger partial charge in [-0.15, -0.1) is 0 Å². The van der Waals surface area contributed by atoms with Crippen molar-refractivity contribution >= 4 is 0 Å². The normalized spacial score (nSPS) is 29.1. The number of fused-ring (bicyclic) bond motifs is 1. The summed E-state index contributed by atoms with van der Waals surface area (Å²) in [5, 5.41) is 0. The van der Waals surface area contributed by atoms with Crippen LogP contribution in [-0.4, -0.2) is 33.6 Å². The summed E-state index contributed by atoms with van der Waals surface area (Å²) in [4.78, 5) is 7.01. The second kappa shape index (κ2) is 5.25. The van der Waals surface area contributed by atoms with Crippen LogP contribution in [0.2, 0.25) is 0 Å². The van der Waals surface area contributed by atoms with Crippen molar-refractivity contribution in [2.75, 3.05) is 13.1 Å². The molecular weight excluding hydrogens is 236 g/mol. The monoisotopic (exact) mass is 262 g/mol. The average Bonchev–Trinajstić information content (AvgIpc) is 3.03. The minimum Gasteiger partial charge on any atom is -0.328 e. The Morgan fingerprint density at radius 3 is 2.95 bits per heavy atom. The summed E-state index contributed by atoms with van der Waals surface area (Å²) >= 11 is 0. The van der Waals surface area contributed by atoms with Crippen LogP contribution in [0.1, 0.15) is 57.3 Å². The molecule has 0 aromatic carbocycles. The SMILES string of the molecule is CC(C)CC(N)c1cncn1C1CCN2CCCC12. The molecule has 0 saturated carbocycles. The molecule has 106 valence electrons. The van der Waals surface area contributed by atoms with Gasteiger partial charge in [0.05, 0.1) is 18.1 Å². The number of hydrogen-bond donors (Lipinski definition) is 1. The Morgan fingerprint density at radius 1 is 1.32 bits per heavy atom. The molecule has 3 unspecified atom stereocenters. The van der Waals surface area contributed by atoms with Crippen LogP contribution in [0, 0.1) is 5.92 Å². The van der Waals surface area contributed by atoms with Gasteiger partial charge in [0.2, 0.25) is 0 Å². The molecule has 2 N–H and O–H groups in total. The first-order chi connectivity index (χ1) is 9.16. The molecule has 2 aliphatic heterocycles. The zero-order chi connectivity index (χ0) is 13.4. The molecule has 0 bridgehead atoms. The van der Waals surface area contributed by atoms with E-state index in [2.05, 4.69) is 28.3 Å². The van der Waals surface area contributed by atoms with Gasteiger partial charge in [0, 0.05) is 24.8 Å². The van der Waals surface area contributed by atoms with E-state index in [0.717, 1.165) is 12.5 Å². The Labute approximate surface area is 116 Å². The molecule has 4 heteroatoms. The fraction of sp³-hybridized carbons (Fsp3) is 0.800. The molecule has 2 aliphatic rings. The number of hydrogen-bond acceptors (Lipinski definition) is 3. The molecule has 1 aromatic heterocycles. The minimum atomic E-state index is 0.123.